The van der Waals surface area contributed by atoms with Crippen molar-refractivity contribution in [3.05, 3.63) is 71.8 Å². The van der Waals surface area contributed by atoms with E-state index in [1.54, 1.807) is 0 Å². The minimum Gasteiger partial charge on any atom is -0.386 e. The van der Waals surface area contributed by atoms with E-state index in [4.69, 9.17) is 4.74 Å². The zero-order chi connectivity index (χ0) is 17.3. The molecule has 25 heavy (non-hydrogen) atoms. The van der Waals surface area contributed by atoms with Gasteiger partial charge < -0.3 is 15.2 Å². The van der Waals surface area contributed by atoms with Crippen molar-refractivity contribution in [2.75, 3.05) is 39.4 Å². The van der Waals surface area contributed by atoms with Crippen molar-refractivity contribution in [1.29, 1.82) is 0 Å². The number of ether oxygens (including phenoxy) is 1. The summed E-state index contributed by atoms with van der Waals surface area (Å²) < 4.78 is 5.39. The summed E-state index contributed by atoms with van der Waals surface area (Å²) in [6.45, 7) is 5.67. The third kappa shape index (κ3) is 5.38. The molecule has 2 aromatic rings. The van der Waals surface area contributed by atoms with Gasteiger partial charge in [-0.1, -0.05) is 60.7 Å². The monoisotopic (exact) mass is 340 g/mol. The second kappa shape index (κ2) is 9.68. The van der Waals surface area contributed by atoms with Crippen molar-refractivity contribution in [3.63, 3.8) is 0 Å². The normalized spacial score (nSPS) is 18.0. The molecule has 1 fully saturated rings. The van der Waals surface area contributed by atoms with Crippen LogP contribution in [0.15, 0.2) is 60.7 Å². The van der Waals surface area contributed by atoms with Crippen LogP contribution < -0.4 is 5.32 Å². The van der Waals surface area contributed by atoms with Crippen molar-refractivity contribution in [1.82, 2.24) is 10.2 Å². The summed E-state index contributed by atoms with van der Waals surface area (Å²) in [6, 6.07) is 20.0. The number of morpholine rings is 1. The van der Waals surface area contributed by atoms with Gasteiger partial charge in [0.15, 0.2) is 0 Å². The Morgan fingerprint density at radius 1 is 0.920 bits per heavy atom. The molecule has 0 bridgehead atoms. The van der Waals surface area contributed by atoms with Crippen LogP contribution in [0.2, 0.25) is 0 Å². The second-order valence-electron chi connectivity index (χ2n) is 6.51. The first kappa shape index (κ1) is 18.1. The maximum Gasteiger partial charge on any atom is 0.0984 e. The Balaban J connectivity index is 1.59. The van der Waals surface area contributed by atoms with Crippen molar-refractivity contribution in [2.24, 2.45) is 0 Å². The molecule has 1 saturated heterocycles. The minimum atomic E-state index is -0.563. The lowest BCUT2D eigenvalue weighted by atomic mass is 9.95. The van der Waals surface area contributed by atoms with Crippen LogP contribution in [0, 0.1) is 0 Å². The quantitative estimate of drug-likeness (QED) is 0.726. The van der Waals surface area contributed by atoms with Gasteiger partial charge in [0, 0.05) is 13.1 Å². The Hall–Kier alpha value is -1.72. The summed E-state index contributed by atoms with van der Waals surface area (Å²) in [6.07, 6.45) is 0.497. The summed E-state index contributed by atoms with van der Waals surface area (Å²) in [5, 5.41) is 14.5. The number of aliphatic hydroxyl groups is 1. The first-order valence-electron chi connectivity index (χ1n) is 9.16. The average Bonchev–Trinajstić information content (AvgIpc) is 2.70. The summed E-state index contributed by atoms with van der Waals surface area (Å²) in [5.74, 6) is 0. The van der Waals surface area contributed by atoms with Crippen LogP contribution in [0.1, 0.15) is 29.7 Å². The van der Waals surface area contributed by atoms with Crippen molar-refractivity contribution >= 4 is 0 Å². The number of nitrogens with zero attached hydrogens (tertiary/aromatic N) is 1. The molecule has 4 heteroatoms. The summed E-state index contributed by atoms with van der Waals surface area (Å²) in [7, 11) is 0. The molecular weight excluding hydrogens is 312 g/mol. The fourth-order valence-electron chi connectivity index (χ4n) is 3.30. The van der Waals surface area contributed by atoms with Crippen molar-refractivity contribution < 1.29 is 9.84 Å². The molecule has 0 aromatic heterocycles. The van der Waals surface area contributed by atoms with Crippen LogP contribution in [0.5, 0.6) is 0 Å². The molecule has 134 valence electrons. The average molecular weight is 340 g/mol. The number of benzene rings is 2. The lowest BCUT2D eigenvalue weighted by molar-refractivity contribution is 0.0371. The fourth-order valence-corrected chi connectivity index (χ4v) is 3.30. The van der Waals surface area contributed by atoms with E-state index in [0.717, 1.165) is 56.9 Å². The molecule has 0 saturated carbocycles. The highest BCUT2D eigenvalue weighted by Gasteiger charge is 2.22. The lowest BCUT2D eigenvalue weighted by Crippen LogP contribution is -2.38. The highest BCUT2D eigenvalue weighted by molar-refractivity contribution is 5.26. The lowest BCUT2D eigenvalue weighted by Gasteiger charge is -2.28. The molecule has 0 radical (unpaired) electrons. The number of aliphatic hydroxyl groups excluding tert-OH is 1. The topological polar surface area (TPSA) is 44.7 Å². The van der Waals surface area contributed by atoms with Crippen LogP contribution in [0.3, 0.4) is 0 Å². The largest absolute Gasteiger partial charge is 0.386 e. The zero-order valence-electron chi connectivity index (χ0n) is 14.7. The first-order chi connectivity index (χ1) is 12.3. The Bertz CT molecular complexity index is 600. The standard InChI is InChI=1S/C21H28N2O2/c24-21(19-10-5-2-6-11-19)20(18-8-3-1-4-9-18)22-12-7-13-23-14-16-25-17-15-23/h1-6,8-11,20-22,24H,7,12-17H2. The zero-order valence-corrected chi connectivity index (χ0v) is 14.7. The van der Waals surface area contributed by atoms with Gasteiger partial charge in [-0.3, -0.25) is 4.90 Å². The molecule has 1 heterocycles. The molecule has 2 N–H and O–H groups in total. The third-order valence-corrected chi connectivity index (χ3v) is 4.73. The highest BCUT2D eigenvalue weighted by Crippen LogP contribution is 2.28. The SMILES string of the molecule is OC(c1ccccc1)C(NCCCN1CCOCC1)c1ccccc1. The number of hydrogen-bond acceptors (Lipinski definition) is 4. The van der Waals surface area contributed by atoms with Gasteiger partial charge in [0.05, 0.1) is 25.4 Å². The molecule has 3 rings (SSSR count). The van der Waals surface area contributed by atoms with E-state index < -0.39 is 6.10 Å². The Kier molecular flexibility index (Phi) is 7.00. The van der Waals surface area contributed by atoms with Gasteiger partial charge in [0.1, 0.15) is 0 Å². The van der Waals surface area contributed by atoms with E-state index in [2.05, 4.69) is 22.3 Å². The van der Waals surface area contributed by atoms with Crippen LogP contribution in [0.25, 0.3) is 0 Å². The van der Waals surface area contributed by atoms with E-state index in [9.17, 15) is 5.11 Å². The van der Waals surface area contributed by atoms with Crippen LogP contribution in [-0.2, 0) is 4.74 Å². The predicted molar refractivity (Wildman–Crippen MR) is 100 cm³/mol. The van der Waals surface area contributed by atoms with E-state index >= 15 is 0 Å². The molecule has 0 spiro atoms. The van der Waals surface area contributed by atoms with Gasteiger partial charge in [-0.25, -0.2) is 0 Å². The molecule has 1 aliphatic heterocycles. The van der Waals surface area contributed by atoms with Crippen LogP contribution in [0.4, 0.5) is 0 Å². The summed E-state index contributed by atoms with van der Waals surface area (Å²) >= 11 is 0. The number of rotatable bonds is 8. The molecule has 2 atom stereocenters. The maximum absolute atomic E-state index is 10.9. The van der Waals surface area contributed by atoms with Gasteiger partial charge in [0.25, 0.3) is 0 Å². The second-order valence-corrected chi connectivity index (χ2v) is 6.51. The smallest absolute Gasteiger partial charge is 0.0984 e. The van der Waals surface area contributed by atoms with Gasteiger partial charge in [0.2, 0.25) is 0 Å². The fraction of sp³-hybridized carbons (Fsp3) is 0.429. The van der Waals surface area contributed by atoms with Crippen LogP contribution >= 0.6 is 0 Å². The Morgan fingerprint density at radius 3 is 2.16 bits per heavy atom. The number of hydrogen-bond donors (Lipinski definition) is 2. The van der Waals surface area contributed by atoms with E-state index in [-0.39, 0.29) is 6.04 Å². The molecule has 0 amide bonds. The van der Waals surface area contributed by atoms with E-state index in [1.165, 1.54) is 0 Å². The van der Waals surface area contributed by atoms with E-state index in [0.29, 0.717) is 0 Å². The molecule has 1 aliphatic rings. The first-order valence-corrected chi connectivity index (χ1v) is 9.16. The predicted octanol–water partition coefficient (Wildman–Crippen LogP) is 2.77. The maximum atomic E-state index is 10.9. The molecule has 2 aromatic carbocycles. The van der Waals surface area contributed by atoms with Gasteiger partial charge in [-0.05, 0) is 30.6 Å². The molecule has 0 aliphatic carbocycles. The molecule has 4 nitrogen and oxygen atoms in total. The molecule has 2 unspecified atom stereocenters. The van der Waals surface area contributed by atoms with Crippen LogP contribution in [-0.4, -0.2) is 49.4 Å². The van der Waals surface area contributed by atoms with Gasteiger partial charge in [-0.2, -0.15) is 0 Å². The van der Waals surface area contributed by atoms with Gasteiger partial charge >= 0.3 is 0 Å². The Labute approximate surface area is 150 Å². The molecular formula is C21H28N2O2. The third-order valence-electron chi connectivity index (χ3n) is 4.73. The highest BCUT2D eigenvalue weighted by atomic mass is 16.5. The van der Waals surface area contributed by atoms with Crippen molar-refractivity contribution in [3.8, 4) is 0 Å². The van der Waals surface area contributed by atoms with Gasteiger partial charge in [-0.15, -0.1) is 0 Å². The summed E-state index contributed by atoms with van der Waals surface area (Å²) in [4.78, 5) is 2.44. The Morgan fingerprint density at radius 2 is 1.52 bits per heavy atom. The summed E-state index contributed by atoms with van der Waals surface area (Å²) in [5.41, 5.74) is 2.06. The van der Waals surface area contributed by atoms with Crippen molar-refractivity contribution in [2.45, 2.75) is 18.6 Å². The minimum absolute atomic E-state index is 0.103. The van der Waals surface area contributed by atoms with E-state index in [1.807, 2.05) is 48.5 Å². The number of nitrogens with one attached hydrogen (secondary N) is 1.